The zero-order valence-electron chi connectivity index (χ0n) is 27.5. The fourth-order valence-electron chi connectivity index (χ4n) is 6.50. The Morgan fingerprint density at radius 1 is 1.22 bits per heavy atom. The second-order valence-electron chi connectivity index (χ2n) is 12.0. The van der Waals surface area contributed by atoms with Gasteiger partial charge in [-0.2, -0.15) is 0 Å². The van der Waals surface area contributed by atoms with Crippen molar-refractivity contribution in [2.45, 2.75) is 71.0 Å². The maximum Gasteiger partial charge on any atom is 0.223 e. The van der Waals surface area contributed by atoms with Gasteiger partial charge in [-0.05, 0) is 61.6 Å². The van der Waals surface area contributed by atoms with Crippen LogP contribution in [0.15, 0.2) is 64.5 Å². The molecule has 8 nitrogen and oxygen atoms in total. The van der Waals surface area contributed by atoms with Gasteiger partial charge in [-0.3, -0.25) is 4.99 Å². The van der Waals surface area contributed by atoms with Gasteiger partial charge >= 0.3 is 0 Å². The number of rotatable bonds is 15. The molecule has 0 spiro atoms. The lowest BCUT2D eigenvalue weighted by Gasteiger charge is -2.28. The zero-order chi connectivity index (χ0) is 32.0. The monoisotopic (exact) mass is 622 g/mol. The molecule has 1 aromatic rings. The summed E-state index contributed by atoms with van der Waals surface area (Å²) >= 11 is 0. The highest BCUT2D eigenvalue weighted by Gasteiger charge is 2.37. The molecule has 0 bridgehead atoms. The molecule has 2 unspecified atom stereocenters. The quantitative estimate of drug-likeness (QED) is 0.128. The van der Waals surface area contributed by atoms with E-state index in [9.17, 15) is 0 Å². The number of hydrazine groups is 1. The van der Waals surface area contributed by atoms with Crippen molar-refractivity contribution in [3.8, 4) is 0 Å². The van der Waals surface area contributed by atoms with Crippen molar-refractivity contribution in [1.29, 1.82) is 0 Å². The molecule has 0 saturated heterocycles. The Labute approximate surface area is 268 Å². The largest absolute Gasteiger partial charge is 0.351 e. The number of aliphatic imine (C=N–C) groups is 1. The van der Waals surface area contributed by atoms with Crippen LogP contribution in [0.25, 0.3) is 5.57 Å². The number of aromatic nitrogens is 2. The third kappa shape index (κ3) is 9.89. The van der Waals surface area contributed by atoms with Crippen molar-refractivity contribution in [2.75, 3.05) is 58.7 Å². The van der Waals surface area contributed by atoms with Crippen molar-refractivity contribution in [3.63, 3.8) is 0 Å². The van der Waals surface area contributed by atoms with Crippen LogP contribution in [0.5, 0.6) is 0 Å². The molecule has 4 rings (SSSR count). The molecule has 1 aromatic heterocycles. The van der Waals surface area contributed by atoms with E-state index in [4.69, 9.17) is 0 Å². The first-order valence-corrected chi connectivity index (χ1v) is 16.7. The summed E-state index contributed by atoms with van der Waals surface area (Å²) in [6.45, 7) is 9.72. The van der Waals surface area contributed by atoms with E-state index in [1.165, 1.54) is 37.2 Å². The van der Waals surface area contributed by atoms with Crippen LogP contribution in [-0.2, 0) is 0 Å². The molecule has 2 heterocycles. The van der Waals surface area contributed by atoms with Gasteiger partial charge < -0.3 is 20.5 Å². The van der Waals surface area contributed by atoms with E-state index in [1.54, 1.807) is 13.1 Å². The molecule has 0 amide bonds. The molecular weight excluding hydrogens is 570 g/mol. The Bertz CT molecular complexity index is 1280. The summed E-state index contributed by atoms with van der Waals surface area (Å²) in [7, 11) is 3.75. The Morgan fingerprint density at radius 2 is 2.04 bits per heavy atom. The van der Waals surface area contributed by atoms with E-state index in [1.807, 2.05) is 42.6 Å². The van der Waals surface area contributed by atoms with Gasteiger partial charge in [0.1, 0.15) is 11.9 Å². The number of hydrogen-bond acceptors (Lipinski definition) is 8. The summed E-state index contributed by atoms with van der Waals surface area (Å²) in [6, 6.07) is -0.397. The Hall–Kier alpha value is -3.21. The van der Waals surface area contributed by atoms with E-state index < -0.39 is 18.0 Å². The Kier molecular flexibility index (Phi) is 13.9. The number of hydrogen-bond donors (Lipinski definition) is 3. The zero-order valence-corrected chi connectivity index (χ0v) is 27.5. The van der Waals surface area contributed by atoms with Crippen LogP contribution in [-0.4, -0.2) is 91.7 Å². The van der Waals surface area contributed by atoms with Crippen molar-refractivity contribution < 1.29 is 8.78 Å². The number of alkyl halides is 1. The summed E-state index contributed by atoms with van der Waals surface area (Å²) < 4.78 is 30.5. The topological polar surface area (TPSA) is 80.7 Å². The van der Waals surface area contributed by atoms with Gasteiger partial charge in [0.2, 0.25) is 5.95 Å². The molecule has 1 saturated carbocycles. The highest BCUT2D eigenvalue weighted by molar-refractivity contribution is 5.79. The SMILES string of the molecule is CCCN(CC)CCNC/C(C=NC)=C/C=C/CNc1ncc(F)c(/C2=C/CC3=C(C4CCCCC4)N(C)NC3C(F)C=C2)n1. The Balaban J connectivity index is 1.38. The lowest BCUT2D eigenvalue weighted by molar-refractivity contribution is 0.221. The number of nitrogens with one attached hydrogen (secondary N) is 3. The maximum atomic E-state index is 15.5. The minimum Gasteiger partial charge on any atom is -0.351 e. The summed E-state index contributed by atoms with van der Waals surface area (Å²) in [4.78, 5) is 15.2. The molecular formula is C35H52F2N8. The smallest absolute Gasteiger partial charge is 0.223 e. The highest BCUT2D eigenvalue weighted by atomic mass is 19.1. The van der Waals surface area contributed by atoms with Crippen LogP contribution in [0.4, 0.5) is 14.7 Å². The van der Waals surface area contributed by atoms with Crippen molar-refractivity contribution in [2.24, 2.45) is 10.9 Å². The lowest BCUT2D eigenvalue weighted by Crippen LogP contribution is -2.40. The molecule has 45 heavy (non-hydrogen) atoms. The third-order valence-electron chi connectivity index (χ3n) is 8.77. The van der Waals surface area contributed by atoms with Crippen molar-refractivity contribution in [3.05, 3.63) is 71.0 Å². The molecule has 3 N–H and O–H groups in total. The van der Waals surface area contributed by atoms with Crippen LogP contribution >= 0.6 is 0 Å². The number of allylic oxidation sites excluding steroid dienone is 6. The molecule has 10 heteroatoms. The summed E-state index contributed by atoms with van der Waals surface area (Å²) in [5.41, 5.74) is 7.42. The minimum atomic E-state index is -1.22. The lowest BCUT2D eigenvalue weighted by atomic mass is 9.83. The van der Waals surface area contributed by atoms with E-state index in [2.05, 4.69) is 49.8 Å². The van der Waals surface area contributed by atoms with Gasteiger partial charge in [-0.15, -0.1) is 0 Å². The molecule has 0 radical (unpaired) electrons. The standard InChI is InChI=1S/C35H52F2N8/c1-5-21-45(6-2)22-20-39-24-26(23-38-3)12-10-11-19-40-35-41-25-31(37)32(42-35)27-15-17-29-33(30(36)18-16-27)43-44(4)34(29)28-13-8-7-9-14-28/h10-12,15-16,18,23,25,28,30,33,39,43H,5-9,13-14,17,19-22,24H2,1-4H3,(H,40,41,42)/b11-10+,18-16?,26-12+,27-15+,38-23?. The number of anilines is 1. The van der Waals surface area contributed by atoms with E-state index in [-0.39, 0.29) is 5.69 Å². The highest BCUT2D eigenvalue weighted by Crippen LogP contribution is 2.39. The number of halogens is 2. The first kappa shape index (κ1) is 34.7. The second kappa shape index (κ2) is 18.1. The molecule has 2 atom stereocenters. The molecule has 1 fully saturated rings. The van der Waals surface area contributed by atoms with Crippen LogP contribution in [0, 0.1) is 11.7 Å². The first-order valence-electron chi connectivity index (χ1n) is 16.7. The predicted octanol–water partition coefficient (Wildman–Crippen LogP) is 5.87. The van der Waals surface area contributed by atoms with Gasteiger partial charge in [0.05, 0.1) is 12.2 Å². The van der Waals surface area contributed by atoms with Gasteiger partial charge in [0.25, 0.3) is 0 Å². The second-order valence-corrected chi connectivity index (χ2v) is 12.0. The van der Waals surface area contributed by atoms with Crippen LogP contribution in [0.2, 0.25) is 0 Å². The summed E-state index contributed by atoms with van der Waals surface area (Å²) in [5.74, 6) is 0.223. The van der Waals surface area contributed by atoms with Crippen molar-refractivity contribution in [1.82, 2.24) is 30.6 Å². The minimum absolute atomic E-state index is 0.172. The maximum absolute atomic E-state index is 15.5. The predicted molar refractivity (Wildman–Crippen MR) is 182 cm³/mol. The number of nitrogens with zero attached hydrogens (tertiary/aromatic N) is 5. The molecule has 3 aliphatic rings. The van der Waals surface area contributed by atoms with Gasteiger partial charge in [0.15, 0.2) is 5.82 Å². The summed E-state index contributed by atoms with van der Waals surface area (Å²) in [6.07, 6.45) is 20.5. The number of fused-ring (bicyclic) bond motifs is 1. The van der Waals surface area contributed by atoms with E-state index in [0.717, 1.165) is 63.1 Å². The number of likely N-dealkylation sites (N-methyl/N-ethyl adjacent to an activating group) is 1. The van der Waals surface area contributed by atoms with Crippen LogP contribution in [0.3, 0.4) is 0 Å². The average molecular weight is 623 g/mol. The average Bonchev–Trinajstić information content (AvgIpc) is 3.37. The van der Waals surface area contributed by atoms with Gasteiger partial charge in [0, 0.05) is 58.1 Å². The molecule has 246 valence electrons. The van der Waals surface area contributed by atoms with Crippen LogP contribution in [0.1, 0.15) is 64.5 Å². The van der Waals surface area contributed by atoms with E-state index >= 15 is 8.78 Å². The molecule has 1 aliphatic heterocycles. The van der Waals surface area contributed by atoms with E-state index in [0.29, 0.717) is 30.4 Å². The van der Waals surface area contributed by atoms with Gasteiger partial charge in [-0.1, -0.05) is 63.5 Å². The normalized spacial score (nSPS) is 22.8. The third-order valence-corrected chi connectivity index (χ3v) is 8.77. The fourth-order valence-corrected chi connectivity index (χ4v) is 6.50. The van der Waals surface area contributed by atoms with Gasteiger partial charge in [-0.25, -0.2) is 24.2 Å². The first-order chi connectivity index (χ1) is 21.9. The fraction of sp³-hybridized carbons (Fsp3) is 0.571. The summed E-state index contributed by atoms with van der Waals surface area (Å²) in [5, 5.41) is 8.68. The molecule has 0 aromatic carbocycles. The Morgan fingerprint density at radius 3 is 2.80 bits per heavy atom. The molecule has 2 aliphatic carbocycles. The van der Waals surface area contributed by atoms with Crippen LogP contribution < -0.4 is 16.1 Å². The van der Waals surface area contributed by atoms with Crippen molar-refractivity contribution >= 4 is 17.7 Å².